The average Bonchev–Trinajstić information content (AvgIpc) is 3.40. The van der Waals surface area contributed by atoms with E-state index in [0.29, 0.717) is 23.5 Å². The quantitative estimate of drug-likeness (QED) is 0.263. The standard InChI is InChI=1S/C36H43N7O5S/c1-22(2)47-20-29-21-48-33-16-31(34-23(3)9-7-10-24(34)4)39-36(40-33)41-49(45,46)30-12-8-11-27(15-30)35(44)42(29)19-28-17-37-18-32(38-28)43-25(5)13-14-26(43)6/h7-12,15-18,22,25-26,29H,13-14,19-21H2,1-6H3,(H,39,40,41)/t25-,26+,29-/m1/s1. The van der Waals surface area contributed by atoms with E-state index >= 15 is 0 Å². The summed E-state index contributed by atoms with van der Waals surface area (Å²) in [6, 6.07) is 13.5. The molecule has 1 amide bonds. The summed E-state index contributed by atoms with van der Waals surface area (Å²) in [7, 11) is -4.19. The number of carbonyl (C=O) groups is 1. The fourth-order valence-corrected chi connectivity index (χ4v) is 7.52. The Bertz CT molecular complexity index is 1920. The number of hydrogen-bond acceptors (Lipinski definition) is 10. The molecule has 0 spiro atoms. The van der Waals surface area contributed by atoms with Gasteiger partial charge in [-0.15, -0.1) is 0 Å². The maximum absolute atomic E-state index is 14.4. The van der Waals surface area contributed by atoms with E-state index < -0.39 is 22.0 Å². The predicted molar refractivity (Wildman–Crippen MR) is 187 cm³/mol. The Morgan fingerprint density at radius 3 is 2.41 bits per heavy atom. The van der Waals surface area contributed by atoms with Gasteiger partial charge in [0.2, 0.25) is 11.8 Å². The van der Waals surface area contributed by atoms with Crippen LogP contribution in [-0.4, -0.2) is 76.6 Å². The van der Waals surface area contributed by atoms with Gasteiger partial charge in [0.05, 0.1) is 54.0 Å². The van der Waals surface area contributed by atoms with Crippen LogP contribution in [0.2, 0.25) is 0 Å². The number of rotatable bonds is 7. The normalized spacial score (nSPS) is 20.6. The summed E-state index contributed by atoms with van der Waals surface area (Å²) in [6.07, 6.45) is 5.42. The van der Waals surface area contributed by atoms with Crippen molar-refractivity contribution < 1.29 is 22.7 Å². The smallest absolute Gasteiger partial charge is 0.264 e. The molecule has 12 nitrogen and oxygen atoms in total. The van der Waals surface area contributed by atoms with Gasteiger partial charge in [0, 0.05) is 29.3 Å². The van der Waals surface area contributed by atoms with Crippen molar-refractivity contribution in [2.24, 2.45) is 0 Å². The molecule has 0 saturated carbocycles. The number of nitrogens with one attached hydrogen (secondary N) is 1. The third kappa shape index (κ3) is 7.52. The topological polar surface area (TPSA) is 140 Å². The van der Waals surface area contributed by atoms with Gasteiger partial charge in [-0.3, -0.25) is 9.78 Å². The van der Waals surface area contributed by atoms with Crippen LogP contribution in [0, 0.1) is 13.8 Å². The number of anilines is 2. The highest BCUT2D eigenvalue weighted by Gasteiger charge is 2.32. The minimum absolute atomic E-state index is 0.000854. The van der Waals surface area contributed by atoms with E-state index in [1.165, 1.54) is 12.1 Å². The number of amides is 1. The summed E-state index contributed by atoms with van der Waals surface area (Å²) < 4.78 is 42.3. The minimum atomic E-state index is -4.19. The lowest BCUT2D eigenvalue weighted by molar-refractivity contribution is 0.00630. The molecule has 2 aliphatic heterocycles. The molecule has 1 N–H and O–H groups in total. The molecule has 0 unspecified atom stereocenters. The number of aromatic nitrogens is 4. The molecule has 0 aliphatic carbocycles. The van der Waals surface area contributed by atoms with E-state index in [2.05, 4.69) is 38.4 Å². The van der Waals surface area contributed by atoms with Crippen LogP contribution in [-0.2, 0) is 21.3 Å². The Morgan fingerprint density at radius 1 is 0.980 bits per heavy atom. The third-order valence-corrected chi connectivity index (χ3v) is 10.4. The van der Waals surface area contributed by atoms with Crippen molar-refractivity contribution in [3.63, 3.8) is 0 Å². The minimum Gasteiger partial charge on any atom is -0.475 e. The monoisotopic (exact) mass is 685 g/mol. The first-order valence-electron chi connectivity index (χ1n) is 16.6. The first kappa shape index (κ1) is 34.3. The van der Waals surface area contributed by atoms with E-state index in [9.17, 15) is 13.2 Å². The SMILES string of the molecule is Cc1cccc(C)c1-c1cc2nc(n1)NS(=O)(=O)c1cccc(c1)C(=O)N(Cc1cncc(N3[C@H](C)CC[C@@H]3C)n1)[C@H](COC(C)C)CO2. The fourth-order valence-electron chi connectivity index (χ4n) is 6.53. The van der Waals surface area contributed by atoms with E-state index in [1.807, 2.05) is 45.9 Å². The number of benzene rings is 2. The van der Waals surface area contributed by atoms with Crippen molar-refractivity contribution in [1.29, 1.82) is 0 Å². The summed E-state index contributed by atoms with van der Waals surface area (Å²) in [5.74, 6) is 0.361. The number of nitrogens with zero attached hydrogens (tertiary/aromatic N) is 6. The zero-order valence-corrected chi connectivity index (χ0v) is 29.6. The van der Waals surface area contributed by atoms with Crippen LogP contribution >= 0.6 is 0 Å². The molecule has 13 heteroatoms. The van der Waals surface area contributed by atoms with Gasteiger partial charge in [-0.25, -0.2) is 23.1 Å². The van der Waals surface area contributed by atoms with Gasteiger partial charge >= 0.3 is 0 Å². The van der Waals surface area contributed by atoms with E-state index in [-0.39, 0.29) is 48.1 Å². The van der Waals surface area contributed by atoms with Crippen molar-refractivity contribution in [3.05, 3.63) is 83.3 Å². The lowest BCUT2D eigenvalue weighted by atomic mass is 10.00. The van der Waals surface area contributed by atoms with Gasteiger partial charge in [0.1, 0.15) is 12.4 Å². The molecule has 2 aliphatic rings. The third-order valence-electron chi connectivity index (χ3n) is 9.02. The van der Waals surface area contributed by atoms with Crippen molar-refractivity contribution in [3.8, 4) is 17.1 Å². The highest BCUT2D eigenvalue weighted by molar-refractivity contribution is 7.92. The Labute approximate surface area is 288 Å². The van der Waals surface area contributed by atoms with Gasteiger partial charge in [-0.1, -0.05) is 24.3 Å². The average molecular weight is 686 g/mol. The number of ether oxygens (including phenoxy) is 2. The highest BCUT2D eigenvalue weighted by atomic mass is 32.2. The summed E-state index contributed by atoms with van der Waals surface area (Å²) in [5.41, 5.74) is 4.05. The van der Waals surface area contributed by atoms with E-state index in [0.717, 1.165) is 35.3 Å². The summed E-state index contributed by atoms with van der Waals surface area (Å²) in [4.78, 5) is 36.7. The van der Waals surface area contributed by atoms with Crippen molar-refractivity contribution in [2.75, 3.05) is 22.8 Å². The first-order valence-corrected chi connectivity index (χ1v) is 18.1. The van der Waals surface area contributed by atoms with Crippen LogP contribution in [0.1, 0.15) is 67.7 Å². The molecule has 3 atom stereocenters. The lowest BCUT2D eigenvalue weighted by Gasteiger charge is -2.32. The number of aryl methyl sites for hydroxylation is 2. The molecule has 1 saturated heterocycles. The largest absolute Gasteiger partial charge is 0.475 e. The molecule has 2 aromatic carbocycles. The molecule has 4 aromatic rings. The van der Waals surface area contributed by atoms with Crippen molar-refractivity contribution >= 4 is 27.7 Å². The molecular weight excluding hydrogens is 643 g/mol. The molecule has 49 heavy (non-hydrogen) atoms. The van der Waals surface area contributed by atoms with Gasteiger partial charge < -0.3 is 19.3 Å². The van der Waals surface area contributed by atoms with Gasteiger partial charge in [-0.05, 0) is 83.7 Å². The molecule has 4 heterocycles. The van der Waals surface area contributed by atoms with Crippen LogP contribution in [0.5, 0.6) is 5.88 Å². The van der Waals surface area contributed by atoms with Crippen LogP contribution in [0.15, 0.2) is 65.8 Å². The van der Waals surface area contributed by atoms with Crippen molar-refractivity contribution in [1.82, 2.24) is 24.8 Å². The summed E-state index contributed by atoms with van der Waals surface area (Å²) >= 11 is 0. The van der Waals surface area contributed by atoms with E-state index in [1.54, 1.807) is 35.5 Å². The van der Waals surface area contributed by atoms with Crippen molar-refractivity contribution in [2.45, 2.75) is 90.1 Å². The lowest BCUT2D eigenvalue weighted by Crippen LogP contribution is -2.46. The first-order chi connectivity index (χ1) is 23.4. The molecule has 4 bridgehead atoms. The maximum atomic E-state index is 14.4. The zero-order valence-electron chi connectivity index (χ0n) is 28.8. The Hall–Kier alpha value is -4.62. The van der Waals surface area contributed by atoms with Gasteiger partial charge in [0.15, 0.2) is 0 Å². The second-order valence-corrected chi connectivity index (χ2v) is 14.8. The highest BCUT2D eigenvalue weighted by Crippen LogP contribution is 2.31. The summed E-state index contributed by atoms with van der Waals surface area (Å²) in [6.45, 7) is 12.4. The van der Waals surface area contributed by atoms with Gasteiger partial charge in [0.25, 0.3) is 15.9 Å². The maximum Gasteiger partial charge on any atom is 0.264 e. The zero-order chi connectivity index (χ0) is 34.9. The summed E-state index contributed by atoms with van der Waals surface area (Å²) in [5, 5.41) is 0. The van der Waals surface area contributed by atoms with E-state index in [4.69, 9.17) is 14.5 Å². The molecule has 0 radical (unpaired) electrons. The predicted octanol–water partition coefficient (Wildman–Crippen LogP) is 5.56. The Balaban J connectivity index is 1.45. The molecule has 6 rings (SSSR count). The number of sulfonamides is 1. The van der Waals surface area contributed by atoms with Crippen LogP contribution in [0.3, 0.4) is 0 Å². The molecule has 2 aromatic heterocycles. The number of fused-ring (bicyclic) bond motifs is 4. The number of hydrogen-bond donors (Lipinski definition) is 1. The number of carbonyl (C=O) groups excluding carboxylic acids is 1. The van der Waals surface area contributed by atoms with Crippen LogP contribution in [0.4, 0.5) is 11.8 Å². The molecule has 1 fully saturated rings. The molecule has 258 valence electrons. The van der Waals surface area contributed by atoms with Crippen LogP contribution < -0.4 is 14.4 Å². The Morgan fingerprint density at radius 2 is 1.69 bits per heavy atom. The van der Waals surface area contributed by atoms with Crippen LogP contribution in [0.25, 0.3) is 11.3 Å². The fraction of sp³-hybridized carbons (Fsp3) is 0.417. The Kier molecular flexibility index (Phi) is 9.84. The van der Waals surface area contributed by atoms with Gasteiger partial charge in [-0.2, -0.15) is 4.98 Å². The second-order valence-electron chi connectivity index (χ2n) is 13.1. The molecular formula is C36H43N7O5S. The second kappa shape index (κ2) is 14.1.